The quantitative estimate of drug-likeness (QED) is 0.781. The van der Waals surface area contributed by atoms with Gasteiger partial charge < -0.3 is 4.74 Å². The van der Waals surface area contributed by atoms with Crippen molar-refractivity contribution in [3.05, 3.63) is 11.6 Å². The van der Waals surface area contributed by atoms with Crippen LogP contribution in [0.2, 0.25) is 0 Å². The highest BCUT2D eigenvalue weighted by Gasteiger charge is 2.23. The number of carbonyl (C=O) groups is 1. The van der Waals surface area contributed by atoms with Gasteiger partial charge in [-0.05, 0) is 27.7 Å². The van der Waals surface area contributed by atoms with Gasteiger partial charge in [0, 0.05) is 18.1 Å². The first-order valence-electron chi connectivity index (χ1n) is 4.84. The lowest BCUT2D eigenvalue weighted by atomic mass is 10.2. The molecule has 4 nitrogen and oxygen atoms in total. The number of ether oxygens (including phenoxy) is 1. The summed E-state index contributed by atoms with van der Waals surface area (Å²) >= 11 is 1.42. The van der Waals surface area contributed by atoms with Crippen molar-refractivity contribution in [2.24, 2.45) is 0 Å². The molecule has 5 heteroatoms. The molecule has 1 amide bonds. The van der Waals surface area contributed by atoms with Crippen molar-refractivity contribution in [3.63, 3.8) is 0 Å². The highest BCUT2D eigenvalue weighted by molar-refractivity contribution is 7.13. The molecule has 15 heavy (non-hydrogen) atoms. The summed E-state index contributed by atoms with van der Waals surface area (Å²) in [6.07, 6.45) is 1.33. The first-order chi connectivity index (χ1) is 6.94. The predicted octanol–water partition coefficient (Wildman–Crippen LogP) is 2.90. The summed E-state index contributed by atoms with van der Waals surface area (Å²) in [7, 11) is 0. The molecular formula is C10H16N2O2S. The van der Waals surface area contributed by atoms with E-state index < -0.39 is 5.60 Å². The van der Waals surface area contributed by atoms with E-state index in [1.165, 1.54) is 16.2 Å². The van der Waals surface area contributed by atoms with Gasteiger partial charge in [-0.15, -0.1) is 11.3 Å². The lowest BCUT2D eigenvalue weighted by molar-refractivity contribution is 0.0582. The van der Waals surface area contributed by atoms with Crippen LogP contribution in [0.15, 0.2) is 11.6 Å². The molecule has 0 fully saturated rings. The van der Waals surface area contributed by atoms with Gasteiger partial charge in [-0.3, -0.25) is 4.90 Å². The number of nitrogens with zero attached hydrogens (tertiary/aromatic N) is 2. The van der Waals surface area contributed by atoms with Gasteiger partial charge in [-0.2, -0.15) is 0 Å². The molecule has 0 aliphatic carbocycles. The van der Waals surface area contributed by atoms with E-state index in [0.29, 0.717) is 11.7 Å². The Morgan fingerprint density at radius 2 is 2.27 bits per heavy atom. The van der Waals surface area contributed by atoms with Gasteiger partial charge in [0.2, 0.25) is 0 Å². The van der Waals surface area contributed by atoms with Crippen LogP contribution in [0.4, 0.5) is 9.93 Å². The monoisotopic (exact) mass is 228 g/mol. The number of anilines is 1. The fourth-order valence-corrected chi connectivity index (χ4v) is 1.70. The van der Waals surface area contributed by atoms with Crippen LogP contribution in [0, 0.1) is 0 Å². The number of hydrogen-bond acceptors (Lipinski definition) is 4. The Balaban J connectivity index is 2.72. The van der Waals surface area contributed by atoms with Gasteiger partial charge in [-0.25, -0.2) is 9.78 Å². The summed E-state index contributed by atoms with van der Waals surface area (Å²) in [6, 6.07) is 0. The zero-order valence-corrected chi connectivity index (χ0v) is 10.3. The second-order valence-electron chi connectivity index (χ2n) is 4.04. The number of hydrogen-bond donors (Lipinski definition) is 0. The third kappa shape index (κ3) is 3.51. The molecule has 0 bridgehead atoms. The SMILES string of the molecule is CCN(C(=O)OC(C)(C)C)c1nccs1. The maximum absolute atomic E-state index is 11.8. The van der Waals surface area contributed by atoms with Crippen molar-refractivity contribution < 1.29 is 9.53 Å². The van der Waals surface area contributed by atoms with Crippen molar-refractivity contribution >= 4 is 22.6 Å². The molecule has 0 N–H and O–H groups in total. The topological polar surface area (TPSA) is 42.4 Å². The second-order valence-corrected chi connectivity index (χ2v) is 4.91. The van der Waals surface area contributed by atoms with E-state index in [0.717, 1.165) is 0 Å². The zero-order valence-electron chi connectivity index (χ0n) is 9.48. The van der Waals surface area contributed by atoms with Gasteiger partial charge in [0.1, 0.15) is 5.60 Å². The van der Waals surface area contributed by atoms with Crippen molar-refractivity contribution in [2.75, 3.05) is 11.4 Å². The molecular weight excluding hydrogens is 212 g/mol. The predicted molar refractivity (Wildman–Crippen MR) is 61.4 cm³/mol. The molecule has 0 saturated heterocycles. The largest absolute Gasteiger partial charge is 0.443 e. The first kappa shape index (κ1) is 12.0. The van der Waals surface area contributed by atoms with Crippen molar-refractivity contribution in [2.45, 2.75) is 33.3 Å². The molecule has 0 unspecified atom stereocenters. The van der Waals surface area contributed by atoms with Crippen LogP contribution < -0.4 is 4.90 Å². The lowest BCUT2D eigenvalue weighted by Gasteiger charge is -2.24. The molecule has 1 aromatic rings. The minimum Gasteiger partial charge on any atom is -0.443 e. The van der Waals surface area contributed by atoms with Crippen molar-refractivity contribution in [1.29, 1.82) is 0 Å². The van der Waals surface area contributed by atoms with Gasteiger partial charge in [0.15, 0.2) is 5.13 Å². The summed E-state index contributed by atoms with van der Waals surface area (Å²) in [4.78, 5) is 17.4. The second kappa shape index (κ2) is 4.61. The van der Waals surface area contributed by atoms with Gasteiger partial charge in [-0.1, -0.05) is 0 Å². The third-order valence-electron chi connectivity index (χ3n) is 1.58. The van der Waals surface area contributed by atoms with Crippen LogP contribution >= 0.6 is 11.3 Å². The molecule has 0 atom stereocenters. The Morgan fingerprint density at radius 1 is 1.60 bits per heavy atom. The van der Waals surface area contributed by atoms with Crippen LogP contribution in [0.25, 0.3) is 0 Å². The summed E-state index contributed by atoms with van der Waals surface area (Å²) in [5.41, 5.74) is -0.470. The van der Waals surface area contributed by atoms with E-state index in [-0.39, 0.29) is 6.09 Å². The smallest absolute Gasteiger partial charge is 0.416 e. The third-order valence-corrected chi connectivity index (χ3v) is 2.37. The fourth-order valence-electron chi connectivity index (χ4n) is 1.01. The van der Waals surface area contributed by atoms with Crippen LogP contribution in [0.5, 0.6) is 0 Å². The highest BCUT2D eigenvalue weighted by Crippen LogP contribution is 2.19. The van der Waals surface area contributed by atoms with Gasteiger partial charge >= 0.3 is 6.09 Å². The standard InChI is InChI=1S/C10H16N2O2S/c1-5-12(8-11-6-7-15-8)9(13)14-10(2,3)4/h6-7H,5H2,1-4H3. The Morgan fingerprint density at radius 3 is 2.67 bits per heavy atom. The molecule has 0 spiro atoms. The lowest BCUT2D eigenvalue weighted by Crippen LogP contribution is -2.36. The summed E-state index contributed by atoms with van der Waals surface area (Å²) in [5, 5.41) is 2.51. The number of amides is 1. The molecule has 0 aliphatic heterocycles. The Hall–Kier alpha value is -1.10. The van der Waals surface area contributed by atoms with E-state index in [1.807, 2.05) is 33.1 Å². The molecule has 0 aliphatic rings. The van der Waals surface area contributed by atoms with Gasteiger partial charge in [0.25, 0.3) is 0 Å². The van der Waals surface area contributed by atoms with Crippen LogP contribution in [-0.4, -0.2) is 23.2 Å². The average Bonchev–Trinajstić information content (AvgIpc) is 2.54. The minimum atomic E-state index is -0.470. The normalized spacial score (nSPS) is 11.2. The zero-order chi connectivity index (χ0) is 11.5. The van der Waals surface area contributed by atoms with E-state index in [9.17, 15) is 4.79 Å². The Labute approximate surface area is 93.9 Å². The number of thiazole rings is 1. The summed E-state index contributed by atoms with van der Waals surface area (Å²) in [5.74, 6) is 0. The molecule has 84 valence electrons. The fraction of sp³-hybridized carbons (Fsp3) is 0.600. The number of aromatic nitrogens is 1. The van der Waals surface area contributed by atoms with Crippen molar-refractivity contribution in [1.82, 2.24) is 4.98 Å². The molecule has 0 radical (unpaired) electrons. The maximum atomic E-state index is 11.8. The number of rotatable bonds is 2. The maximum Gasteiger partial charge on any atom is 0.416 e. The molecule has 1 heterocycles. The van der Waals surface area contributed by atoms with E-state index >= 15 is 0 Å². The molecule has 1 aromatic heterocycles. The van der Waals surface area contributed by atoms with Crippen molar-refractivity contribution in [3.8, 4) is 0 Å². The molecule has 1 rings (SSSR count). The van der Waals surface area contributed by atoms with E-state index in [4.69, 9.17) is 4.74 Å². The average molecular weight is 228 g/mol. The van der Waals surface area contributed by atoms with Crippen LogP contribution in [0.3, 0.4) is 0 Å². The van der Waals surface area contributed by atoms with Crippen LogP contribution in [0.1, 0.15) is 27.7 Å². The highest BCUT2D eigenvalue weighted by atomic mass is 32.1. The van der Waals surface area contributed by atoms with Gasteiger partial charge in [0.05, 0.1) is 0 Å². The van der Waals surface area contributed by atoms with E-state index in [2.05, 4.69) is 4.98 Å². The number of carbonyl (C=O) groups excluding carboxylic acids is 1. The summed E-state index contributed by atoms with van der Waals surface area (Å²) < 4.78 is 5.27. The van der Waals surface area contributed by atoms with Crippen LogP contribution in [-0.2, 0) is 4.74 Å². The first-order valence-corrected chi connectivity index (χ1v) is 5.72. The Bertz CT molecular complexity index is 317. The molecule has 0 aromatic carbocycles. The summed E-state index contributed by atoms with van der Waals surface area (Å²) in [6.45, 7) is 8.00. The molecule has 0 saturated carbocycles. The Kier molecular flexibility index (Phi) is 3.68. The van der Waals surface area contributed by atoms with E-state index in [1.54, 1.807) is 6.20 Å². The minimum absolute atomic E-state index is 0.347.